The van der Waals surface area contributed by atoms with Gasteiger partial charge in [-0.15, -0.1) is 0 Å². The van der Waals surface area contributed by atoms with Crippen LogP contribution in [0.1, 0.15) is 18.4 Å². The summed E-state index contributed by atoms with van der Waals surface area (Å²) in [6.07, 6.45) is 3.77. The molecule has 86 valence electrons. The first-order valence-electron chi connectivity index (χ1n) is 6.06. The van der Waals surface area contributed by atoms with Gasteiger partial charge in [0.2, 0.25) is 0 Å². The van der Waals surface area contributed by atoms with Crippen molar-refractivity contribution in [1.29, 1.82) is 0 Å². The number of rotatable bonds is 3. The van der Waals surface area contributed by atoms with Crippen molar-refractivity contribution in [3.63, 3.8) is 0 Å². The molecule has 0 bridgehead atoms. The van der Waals surface area contributed by atoms with Gasteiger partial charge >= 0.3 is 0 Å². The second-order valence-corrected chi connectivity index (χ2v) is 4.90. The Morgan fingerprint density at radius 1 is 1.38 bits per heavy atom. The van der Waals surface area contributed by atoms with Crippen molar-refractivity contribution in [1.82, 2.24) is 5.32 Å². The molecule has 2 aliphatic rings. The van der Waals surface area contributed by atoms with Gasteiger partial charge in [-0.2, -0.15) is 0 Å². The van der Waals surface area contributed by atoms with E-state index < -0.39 is 0 Å². The molecule has 16 heavy (non-hydrogen) atoms. The Kier molecular flexibility index (Phi) is 2.48. The first-order valence-corrected chi connectivity index (χ1v) is 6.06. The van der Waals surface area contributed by atoms with E-state index in [1.807, 2.05) is 12.1 Å². The van der Waals surface area contributed by atoms with Gasteiger partial charge in [0.1, 0.15) is 5.75 Å². The highest BCUT2D eigenvalue weighted by Gasteiger charge is 2.25. The smallest absolute Gasteiger partial charge is 0.145 e. The second-order valence-electron chi connectivity index (χ2n) is 4.90. The van der Waals surface area contributed by atoms with Crippen molar-refractivity contribution in [2.75, 3.05) is 18.9 Å². The minimum Gasteiger partial charge on any atom is -0.491 e. The van der Waals surface area contributed by atoms with E-state index in [1.54, 1.807) is 0 Å². The normalized spacial score (nSPS) is 23.6. The standard InChI is InChI=1S/C13H18N2O/c14-12-3-1-2-10-6-9(8-16-13(10)12)7-15-11-4-5-11/h1-3,9,11,15H,4-8,14H2. The van der Waals surface area contributed by atoms with Gasteiger partial charge in [-0.3, -0.25) is 0 Å². The van der Waals surface area contributed by atoms with Gasteiger partial charge in [0.25, 0.3) is 0 Å². The van der Waals surface area contributed by atoms with Crippen LogP contribution in [0.15, 0.2) is 18.2 Å². The summed E-state index contributed by atoms with van der Waals surface area (Å²) in [6.45, 7) is 1.86. The van der Waals surface area contributed by atoms with Crippen LogP contribution in [0.5, 0.6) is 5.75 Å². The van der Waals surface area contributed by atoms with Crippen LogP contribution in [0.3, 0.4) is 0 Å². The molecule has 1 aromatic rings. The number of ether oxygens (including phenoxy) is 1. The zero-order valence-corrected chi connectivity index (χ0v) is 9.41. The fourth-order valence-corrected chi connectivity index (χ4v) is 2.26. The number of nitrogen functional groups attached to an aromatic ring is 1. The zero-order valence-electron chi connectivity index (χ0n) is 9.41. The predicted molar refractivity (Wildman–Crippen MR) is 64.6 cm³/mol. The van der Waals surface area contributed by atoms with Crippen LogP contribution in [-0.2, 0) is 6.42 Å². The van der Waals surface area contributed by atoms with Crippen molar-refractivity contribution in [3.8, 4) is 5.75 Å². The summed E-state index contributed by atoms with van der Waals surface area (Å²) < 4.78 is 5.75. The Morgan fingerprint density at radius 3 is 3.06 bits per heavy atom. The molecule has 0 radical (unpaired) electrons. The Hall–Kier alpha value is -1.22. The van der Waals surface area contributed by atoms with E-state index in [0.29, 0.717) is 5.92 Å². The first kappa shape index (κ1) is 9.97. The minimum atomic E-state index is 0.592. The Labute approximate surface area is 96.0 Å². The molecule has 1 unspecified atom stereocenters. The summed E-state index contributed by atoms with van der Waals surface area (Å²) in [4.78, 5) is 0. The molecule has 1 aliphatic heterocycles. The number of hydrogen-bond acceptors (Lipinski definition) is 3. The van der Waals surface area contributed by atoms with Gasteiger partial charge in [-0.05, 0) is 30.9 Å². The molecule has 1 fully saturated rings. The molecule has 0 spiro atoms. The van der Waals surface area contributed by atoms with Crippen molar-refractivity contribution in [2.45, 2.75) is 25.3 Å². The molecule has 3 heteroatoms. The molecule has 0 aromatic heterocycles. The third kappa shape index (κ3) is 2.00. The van der Waals surface area contributed by atoms with Gasteiger partial charge in [0.05, 0.1) is 12.3 Å². The summed E-state index contributed by atoms with van der Waals surface area (Å²) in [5.74, 6) is 1.50. The van der Waals surface area contributed by atoms with E-state index in [-0.39, 0.29) is 0 Å². The Balaban J connectivity index is 1.65. The van der Waals surface area contributed by atoms with Crippen LogP contribution in [0, 0.1) is 5.92 Å². The molecule has 0 amide bonds. The van der Waals surface area contributed by atoms with Crippen molar-refractivity contribution in [2.24, 2.45) is 5.92 Å². The minimum absolute atomic E-state index is 0.592. The fraction of sp³-hybridized carbons (Fsp3) is 0.538. The number of fused-ring (bicyclic) bond motifs is 1. The van der Waals surface area contributed by atoms with Crippen LogP contribution in [0.25, 0.3) is 0 Å². The van der Waals surface area contributed by atoms with Crippen LogP contribution >= 0.6 is 0 Å². The lowest BCUT2D eigenvalue weighted by Gasteiger charge is -2.26. The summed E-state index contributed by atoms with van der Waals surface area (Å²) in [5, 5.41) is 3.56. The molecule has 1 atom stereocenters. The average molecular weight is 218 g/mol. The molecule has 1 heterocycles. The quantitative estimate of drug-likeness (QED) is 0.757. The van der Waals surface area contributed by atoms with Gasteiger partial charge in [0, 0.05) is 18.5 Å². The number of nitrogens with one attached hydrogen (secondary N) is 1. The predicted octanol–water partition coefficient (Wildman–Crippen LogP) is 1.57. The lowest BCUT2D eigenvalue weighted by Crippen LogP contribution is -2.32. The number of nitrogens with two attached hydrogens (primary N) is 1. The lowest BCUT2D eigenvalue weighted by molar-refractivity contribution is 0.219. The zero-order chi connectivity index (χ0) is 11.0. The SMILES string of the molecule is Nc1cccc2c1OCC(CNC1CC1)C2. The maximum absolute atomic E-state index is 5.88. The highest BCUT2D eigenvalue weighted by atomic mass is 16.5. The third-order valence-electron chi connectivity index (χ3n) is 3.37. The van der Waals surface area contributed by atoms with Crippen LogP contribution in [-0.4, -0.2) is 19.2 Å². The molecule has 0 saturated heterocycles. The fourth-order valence-electron chi connectivity index (χ4n) is 2.26. The summed E-state index contributed by atoms with van der Waals surface area (Å²) in [7, 11) is 0. The Bertz CT molecular complexity index is 388. The second kappa shape index (κ2) is 3.98. The van der Waals surface area contributed by atoms with E-state index >= 15 is 0 Å². The largest absolute Gasteiger partial charge is 0.491 e. The van der Waals surface area contributed by atoms with E-state index in [9.17, 15) is 0 Å². The van der Waals surface area contributed by atoms with E-state index in [4.69, 9.17) is 10.5 Å². The van der Waals surface area contributed by atoms with Crippen molar-refractivity contribution >= 4 is 5.69 Å². The average Bonchev–Trinajstić information content (AvgIpc) is 3.10. The van der Waals surface area contributed by atoms with Gasteiger partial charge < -0.3 is 15.8 Å². The molecule has 3 rings (SSSR count). The summed E-state index contributed by atoms with van der Waals surface area (Å²) in [5.41, 5.74) is 7.91. The highest BCUT2D eigenvalue weighted by Crippen LogP contribution is 2.32. The van der Waals surface area contributed by atoms with E-state index in [2.05, 4.69) is 11.4 Å². The third-order valence-corrected chi connectivity index (χ3v) is 3.37. The number of anilines is 1. The van der Waals surface area contributed by atoms with Crippen LogP contribution in [0.4, 0.5) is 5.69 Å². The monoisotopic (exact) mass is 218 g/mol. The van der Waals surface area contributed by atoms with E-state index in [0.717, 1.165) is 37.1 Å². The number of benzene rings is 1. The lowest BCUT2D eigenvalue weighted by atomic mass is 9.96. The Morgan fingerprint density at radius 2 is 2.25 bits per heavy atom. The molecule has 3 N–H and O–H groups in total. The summed E-state index contributed by atoms with van der Waals surface area (Å²) in [6, 6.07) is 6.81. The number of para-hydroxylation sites is 1. The van der Waals surface area contributed by atoms with Crippen LogP contribution < -0.4 is 15.8 Å². The first-order chi connectivity index (χ1) is 7.83. The molecule has 1 aliphatic carbocycles. The van der Waals surface area contributed by atoms with Gasteiger partial charge in [0.15, 0.2) is 0 Å². The maximum Gasteiger partial charge on any atom is 0.145 e. The van der Waals surface area contributed by atoms with Crippen LogP contribution in [0.2, 0.25) is 0 Å². The molecule has 3 nitrogen and oxygen atoms in total. The molecule has 1 saturated carbocycles. The van der Waals surface area contributed by atoms with Crippen molar-refractivity contribution in [3.05, 3.63) is 23.8 Å². The van der Waals surface area contributed by atoms with Gasteiger partial charge in [-0.25, -0.2) is 0 Å². The molecule has 1 aromatic carbocycles. The summed E-state index contributed by atoms with van der Waals surface area (Å²) >= 11 is 0. The number of hydrogen-bond donors (Lipinski definition) is 2. The molecular weight excluding hydrogens is 200 g/mol. The topological polar surface area (TPSA) is 47.3 Å². The molecular formula is C13H18N2O. The van der Waals surface area contributed by atoms with Crippen molar-refractivity contribution < 1.29 is 4.74 Å². The van der Waals surface area contributed by atoms with E-state index in [1.165, 1.54) is 18.4 Å². The maximum atomic E-state index is 5.88. The van der Waals surface area contributed by atoms with Gasteiger partial charge in [-0.1, -0.05) is 12.1 Å². The highest BCUT2D eigenvalue weighted by molar-refractivity contribution is 5.57.